The average molecular weight is 310 g/mol. The number of urea groups is 1. The van der Waals surface area contributed by atoms with Crippen LogP contribution >= 0.6 is 0 Å². The summed E-state index contributed by atoms with van der Waals surface area (Å²) in [4.78, 5) is 12.1. The second kappa shape index (κ2) is 7.56. The fraction of sp³-hybridized carbons (Fsp3) is 0.533. The third kappa shape index (κ3) is 4.82. The molecule has 5 nitrogen and oxygen atoms in total. The van der Waals surface area contributed by atoms with Gasteiger partial charge in [0.25, 0.3) is 0 Å². The smallest absolute Gasteiger partial charge is 0.319 e. The molecule has 0 aromatic heterocycles. The number of amides is 2. The first-order valence-electron chi connectivity index (χ1n) is 7.20. The first kappa shape index (κ1) is 16.0. The minimum absolute atomic E-state index is 0.189. The monoisotopic (exact) mass is 310 g/mol. The van der Waals surface area contributed by atoms with Crippen molar-refractivity contribution >= 4 is 22.5 Å². The van der Waals surface area contributed by atoms with E-state index >= 15 is 0 Å². The number of hydrogen-bond acceptors (Lipinski definition) is 3. The van der Waals surface area contributed by atoms with Crippen molar-refractivity contribution in [2.45, 2.75) is 43.6 Å². The Morgan fingerprint density at radius 2 is 2.05 bits per heavy atom. The van der Waals surface area contributed by atoms with Crippen LogP contribution in [0.5, 0.6) is 0 Å². The molecule has 0 radical (unpaired) electrons. The van der Waals surface area contributed by atoms with Crippen molar-refractivity contribution in [2.24, 2.45) is 0 Å². The summed E-state index contributed by atoms with van der Waals surface area (Å²) >= 11 is 0. The zero-order valence-corrected chi connectivity index (χ0v) is 13.0. The third-order valence-corrected chi connectivity index (χ3v) is 4.39. The highest BCUT2D eigenvalue weighted by molar-refractivity contribution is 7.83. The zero-order chi connectivity index (χ0) is 15.2. The molecule has 116 valence electrons. The number of benzene rings is 1. The van der Waals surface area contributed by atoms with Gasteiger partial charge in [0.2, 0.25) is 0 Å². The van der Waals surface area contributed by atoms with Gasteiger partial charge in [-0.25, -0.2) is 4.79 Å². The van der Waals surface area contributed by atoms with Gasteiger partial charge in [-0.05, 0) is 24.5 Å². The largest absolute Gasteiger partial charge is 0.391 e. The van der Waals surface area contributed by atoms with Crippen LogP contribution in [0.3, 0.4) is 0 Å². The lowest BCUT2D eigenvalue weighted by Crippen LogP contribution is -2.46. The van der Waals surface area contributed by atoms with Crippen molar-refractivity contribution in [1.82, 2.24) is 5.32 Å². The Morgan fingerprint density at radius 1 is 1.33 bits per heavy atom. The van der Waals surface area contributed by atoms with Crippen LogP contribution in [0.1, 0.15) is 31.2 Å². The standard InChI is InChI=1S/C15H22N2O3S/c1-21(20)10-11-6-2-3-7-12(11)16-15(19)17-13-8-4-5-9-14(13)18/h2-3,6-7,13-14,18H,4-5,8-10H2,1H3,(H2,16,17,19)/t13-,14-,21+/m0/s1. The van der Waals surface area contributed by atoms with Crippen LogP contribution in [-0.2, 0) is 16.6 Å². The molecular formula is C15H22N2O3S. The van der Waals surface area contributed by atoms with Gasteiger partial charge in [-0.2, -0.15) is 0 Å². The maximum absolute atomic E-state index is 12.1. The van der Waals surface area contributed by atoms with Crippen molar-refractivity contribution in [1.29, 1.82) is 0 Å². The number of hydrogen-bond donors (Lipinski definition) is 3. The number of rotatable bonds is 4. The molecule has 3 N–H and O–H groups in total. The van der Waals surface area contributed by atoms with Gasteiger partial charge in [-0.3, -0.25) is 4.21 Å². The molecule has 1 aliphatic rings. The SMILES string of the molecule is C[S@@](=O)Cc1ccccc1NC(=O)N[C@H]1CCCC[C@@H]1O. The van der Waals surface area contributed by atoms with E-state index in [1.54, 1.807) is 12.3 Å². The van der Waals surface area contributed by atoms with Crippen LogP contribution in [0.2, 0.25) is 0 Å². The van der Waals surface area contributed by atoms with E-state index in [0.717, 1.165) is 31.2 Å². The van der Waals surface area contributed by atoms with Crippen molar-refractivity contribution in [3.8, 4) is 0 Å². The van der Waals surface area contributed by atoms with Crippen LogP contribution in [0, 0.1) is 0 Å². The topological polar surface area (TPSA) is 78.4 Å². The lowest BCUT2D eigenvalue weighted by Gasteiger charge is -2.28. The summed E-state index contributed by atoms with van der Waals surface area (Å²) in [5, 5.41) is 15.5. The molecule has 2 amide bonds. The van der Waals surface area contributed by atoms with Crippen LogP contribution in [0.25, 0.3) is 0 Å². The maximum atomic E-state index is 12.1. The van der Waals surface area contributed by atoms with Gasteiger partial charge in [0.05, 0.1) is 17.9 Å². The van der Waals surface area contributed by atoms with E-state index in [4.69, 9.17) is 0 Å². The lowest BCUT2D eigenvalue weighted by molar-refractivity contribution is 0.0955. The summed E-state index contributed by atoms with van der Waals surface area (Å²) in [5.74, 6) is 0.405. The second-order valence-electron chi connectivity index (χ2n) is 5.43. The number of carbonyl (C=O) groups excluding carboxylic acids is 1. The number of aliphatic hydroxyl groups is 1. The number of aliphatic hydroxyl groups excluding tert-OH is 1. The Hall–Kier alpha value is -1.40. The summed E-state index contributed by atoms with van der Waals surface area (Å²) < 4.78 is 11.4. The van der Waals surface area contributed by atoms with E-state index < -0.39 is 16.9 Å². The molecule has 0 heterocycles. The van der Waals surface area contributed by atoms with Crippen molar-refractivity contribution in [2.75, 3.05) is 11.6 Å². The highest BCUT2D eigenvalue weighted by Gasteiger charge is 2.24. The normalized spacial score (nSPS) is 23.3. The molecule has 1 saturated carbocycles. The van der Waals surface area contributed by atoms with Crippen LogP contribution in [-0.4, -0.2) is 33.7 Å². The van der Waals surface area contributed by atoms with Gasteiger partial charge in [-0.15, -0.1) is 0 Å². The molecule has 0 unspecified atom stereocenters. The van der Waals surface area contributed by atoms with E-state index in [0.29, 0.717) is 11.4 Å². The highest BCUT2D eigenvalue weighted by atomic mass is 32.2. The van der Waals surface area contributed by atoms with Gasteiger partial charge in [-0.1, -0.05) is 31.0 Å². The molecule has 6 heteroatoms. The molecule has 1 aromatic carbocycles. The number of carbonyl (C=O) groups is 1. The molecule has 21 heavy (non-hydrogen) atoms. The van der Waals surface area contributed by atoms with Gasteiger partial charge in [0.15, 0.2) is 0 Å². The lowest BCUT2D eigenvalue weighted by atomic mass is 9.93. The third-order valence-electron chi connectivity index (χ3n) is 3.67. The number of anilines is 1. The van der Waals surface area contributed by atoms with Gasteiger partial charge in [0, 0.05) is 22.7 Å². The Kier molecular flexibility index (Phi) is 5.76. The highest BCUT2D eigenvalue weighted by Crippen LogP contribution is 2.19. The minimum Gasteiger partial charge on any atom is -0.391 e. The molecule has 0 saturated heterocycles. The van der Waals surface area contributed by atoms with Crippen LogP contribution in [0.4, 0.5) is 10.5 Å². The quantitative estimate of drug-likeness (QED) is 0.796. The molecule has 1 aliphatic carbocycles. The summed E-state index contributed by atoms with van der Waals surface area (Å²) in [6, 6.07) is 6.82. The Bertz CT molecular complexity index is 521. The van der Waals surface area contributed by atoms with Crippen molar-refractivity contribution < 1.29 is 14.1 Å². The second-order valence-corrected chi connectivity index (χ2v) is 6.87. The van der Waals surface area contributed by atoms with E-state index in [9.17, 15) is 14.1 Å². The summed E-state index contributed by atoms with van der Waals surface area (Å²) in [5.41, 5.74) is 1.51. The van der Waals surface area contributed by atoms with Crippen LogP contribution in [0.15, 0.2) is 24.3 Å². The summed E-state index contributed by atoms with van der Waals surface area (Å²) in [6.07, 6.45) is 4.73. The fourth-order valence-corrected chi connectivity index (χ4v) is 3.28. The average Bonchev–Trinajstić information content (AvgIpc) is 2.43. The fourth-order valence-electron chi connectivity index (χ4n) is 2.59. The number of nitrogens with one attached hydrogen (secondary N) is 2. The van der Waals surface area contributed by atoms with Gasteiger partial charge >= 0.3 is 6.03 Å². The molecule has 1 aromatic rings. The van der Waals surface area contributed by atoms with E-state index in [1.807, 2.05) is 18.2 Å². The zero-order valence-electron chi connectivity index (χ0n) is 12.2. The Labute approximate surface area is 127 Å². The molecule has 0 aliphatic heterocycles. The van der Waals surface area contributed by atoms with E-state index in [2.05, 4.69) is 10.6 Å². The van der Waals surface area contributed by atoms with Crippen molar-refractivity contribution in [3.05, 3.63) is 29.8 Å². The Balaban J connectivity index is 1.97. The van der Waals surface area contributed by atoms with E-state index in [-0.39, 0.29) is 12.1 Å². The Morgan fingerprint density at radius 3 is 2.76 bits per heavy atom. The summed E-state index contributed by atoms with van der Waals surface area (Å²) in [7, 11) is -0.965. The molecule has 0 bridgehead atoms. The first-order valence-corrected chi connectivity index (χ1v) is 8.92. The number of para-hydroxylation sites is 1. The molecule has 3 atom stereocenters. The maximum Gasteiger partial charge on any atom is 0.319 e. The molecule has 0 spiro atoms. The van der Waals surface area contributed by atoms with Crippen molar-refractivity contribution in [3.63, 3.8) is 0 Å². The molecule has 1 fully saturated rings. The van der Waals surface area contributed by atoms with E-state index in [1.165, 1.54) is 0 Å². The molecule has 2 rings (SSSR count). The van der Waals surface area contributed by atoms with Crippen LogP contribution < -0.4 is 10.6 Å². The first-order chi connectivity index (χ1) is 10.1. The predicted octanol–water partition coefficient (Wildman–Crippen LogP) is 1.99. The summed E-state index contributed by atoms with van der Waals surface area (Å²) in [6.45, 7) is 0. The molecular weight excluding hydrogens is 288 g/mol. The minimum atomic E-state index is -0.965. The van der Waals surface area contributed by atoms with Gasteiger partial charge < -0.3 is 15.7 Å². The van der Waals surface area contributed by atoms with Gasteiger partial charge in [0.1, 0.15) is 0 Å². The predicted molar refractivity (Wildman–Crippen MR) is 84.6 cm³/mol.